The summed E-state index contributed by atoms with van der Waals surface area (Å²) in [4.78, 5) is 35.1. The molecule has 1 aliphatic heterocycles. The normalized spacial score (nSPS) is 20.1. The number of benzene rings is 1. The molecule has 40 heavy (non-hydrogen) atoms. The lowest BCUT2D eigenvalue weighted by Gasteiger charge is -2.36. The van der Waals surface area contributed by atoms with Crippen LogP contribution in [0.5, 0.6) is 5.75 Å². The van der Waals surface area contributed by atoms with E-state index in [1.165, 1.54) is 19.2 Å². The van der Waals surface area contributed by atoms with E-state index in [1.807, 2.05) is 0 Å². The van der Waals surface area contributed by atoms with Crippen molar-refractivity contribution in [2.75, 3.05) is 33.4 Å². The summed E-state index contributed by atoms with van der Waals surface area (Å²) in [5.41, 5.74) is 5.22. The standard InChI is InChI=1S/C26H28F3N5O6/c1-13(30)22-21(23(35)31-14-11-15(12-14)39-25(36)34-7-9-38-10-8-34)33-24(40-22)17-3-5-18(37-2)20-16(17)4-6-19(32-20)26(27,28)29/h3-6,13-15H,7-12,30H2,1-2H3,(H,31,35)/t13-,14-,15+/m0/s1. The van der Waals surface area contributed by atoms with Gasteiger partial charge in [-0.25, -0.2) is 14.8 Å². The van der Waals surface area contributed by atoms with Crippen LogP contribution in [0, 0.1) is 0 Å². The molecule has 5 rings (SSSR count). The van der Waals surface area contributed by atoms with Crippen LogP contribution in [0.15, 0.2) is 28.7 Å². The summed E-state index contributed by atoms with van der Waals surface area (Å²) < 4.78 is 61.7. The number of carbonyl (C=O) groups excluding carboxylic acids is 2. The summed E-state index contributed by atoms with van der Waals surface area (Å²) in [5.74, 6) is -0.278. The zero-order valence-electron chi connectivity index (χ0n) is 21.8. The fraction of sp³-hybridized carbons (Fsp3) is 0.462. The molecule has 214 valence electrons. The molecule has 2 amide bonds. The van der Waals surface area contributed by atoms with Crippen molar-refractivity contribution in [3.63, 3.8) is 0 Å². The number of nitrogens with one attached hydrogen (secondary N) is 1. The Balaban J connectivity index is 1.33. The van der Waals surface area contributed by atoms with Crippen LogP contribution < -0.4 is 15.8 Å². The molecule has 2 aliphatic rings. The molecule has 2 aromatic heterocycles. The molecule has 3 aromatic rings. The van der Waals surface area contributed by atoms with E-state index in [2.05, 4.69) is 15.3 Å². The smallest absolute Gasteiger partial charge is 0.433 e. The van der Waals surface area contributed by atoms with Crippen molar-refractivity contribution in [2.24, 2.45) is 5.73 Å². The van der Waals surface area contributed by atoms with Gasteiger partial charge in [-0.1, -0.05) is 0 Å². The van der Waals surface area contributed by atoms with Gasteiger partial charge in [0.25, 0.3) is 5.91 Å². The van der Waals surface area contributed by atoms with Crippen molar-refractivity contribution in [3.8, 4) is 17.2 Å². The molecule has 0 radical (unpaired) electrons. The number of morpholine rings is 1. The third kappa shape index (κ3) is 5.54. The van der Waals surface area contributed by atoms with E-state index in [9.17, 15) is 22.8 Å². The Morgan fingerprint density at radius 3 is 2.52 bits per heavy atom. The molecular weight excluding hydrogens is 535 g/mol. The van der Waals surface area contributed by atoms with E-state index in [0.29, 0.717) is 50.1 Å². The number of alkyl halides is 3. The maximum absolute atomic E-state index is 13.3. The largest absolute Gasteiger partial charge is 0.494 e. The third-order valence-electron chi connectivity index (χ3n) is 6.81. The highest BCUT2D eigenvalue weighted by Crippen LogP contribution is 2.37. The topological polar surface area (TPSA) is 142 Å². The lowest BCUT2D eigenvalue weighted by atomic mass is 9.89. The number of ether oxygens (including phenoxy) is 3. The zero-order chi connectivity index (χ0) is 28.6. The van der Waals surface area contributed by atoms with Crippen LogP contribution >= 0.6 is 0 Å². The fourth-order valence-corrected chi connectivity index (χ4v) is 4.62. The maximum atomic E-state index is 13.3. The van der Waals surface area contributed by atoms with Crippen molar-refractivity contribution in [3.05, 3.63) is 41.4 Å². The molecule has 3 heterocycles. The van der Waals surface area contributed by atoms with Crippen LogP contribution in [0.4, 0.5) is 18.0 Å². The van der Waals surface area contributed by atoms with Gasteiger partial charge in [-0.05, 0) is 31.2 Å². The summed E-state index contributed by atoms with van der Waals surface area (Å²) in [6.07, 6.45) is -4.48. The second-order valence-corrected chi connectivity index (χ2v) is 9.67. The average Bonchev–Trinajstić information content (AvgIpc) is 3.36. The van der Waals surface area contributed by atoms with Crippen LogP contribution in [-0.2, 0) is 15.7 Å². The molecular formula is C26H28F3N5O6. The minimum atomic E-state index is -4.65. The SMILES string of the molecule is COc1ccc(-c2nc(C(=O)N[C@H]3C[C@@H](OC(=O)N4CCOCC4)C3)c([C@H](C)N)o2)c2ccc(C(F)(F)F)nc12. The van der Waals surface area contributed by atoms with Crippen molar-refractivity contribution >= 4 is 22.9 Å². The summed E-state index contributed by atoms with van der Waals surface area (Å²) in [7, 11) is 1.33. The first kappa shape index (κ1) is 27.6. The summed E-state index contributed by atoms with van der Waals surface area (Å²) in [6.45, 7) is 3.51. The van der Waals surface area contributed by atoms with Gasteiger partial charge in [-0.2, -0.15) is 13.2 Å². The maximum Gasteiger partial charge on any atom is 0.433 e. The molecule has 1 saturated carbocycles. The highest BCUT2D eigenvalue weighted by atomic mass is 19.4. The second-order valence-electron chi connectivity index (χ2n) is 9.67. The first-order chi connectivity index (χ1) is 19.0. The number of amides is 2. The predicted molar refractivity (Wildman–Crippen MR) is 135 cm³/mol. The van der Waals surface area contributed by atoms with Crippen LogP contribution in [0.3, 0.4) is 0 Å². The van der Waals surface area contributed by atoms with Gasteiger partial charge in [0.1, 0.15) is 23.1 Å². The molecule has 1 aliphatic carbocycles. The lowest BCUT2D eigenvalue weighted by molar-refractivity contribution is -0.140. The van der Waals surface area contributed by atoms with E-state index >= 15 is 0 Å². The number of aromatic nitrogens is 2. The van der Waals surface area contributed by atoms with Crippen molar-refractivity contribution in [1.29, 1.82) is 0 Å². The fourth-order valence-electron chi connectivity index (χ4n) is 4.62. The van der Waals surface area contributed by atoms with Gasteiger partial charge in [0.2, 0.25) is 5.89 Å². The first-order valence-electron chi connectivity index (χ1n) is 12.7. The predicted octanol–water partition coefficient (Wildman–Crippen LogP) is 3.67. The molecule has 0 spiro atoms. The van der Waals surface area contributed by atoms with Gasteiger partial charge < -0.3 is 34.6 Å². The molecule has 1 aromatic carbocycles. The Bertz CT molecular complexity index is 1410. The molecule has 0 unspecified atom stereocenters. The van der Waals surface area contributed by atoms with Gasteiger partial charge in [-0.15, -0.1) is 0 Å². The molecule has 1 saturated heterocycles. The van der Waals surface area contributed by atoms with E-state index < -0.39 is 29.9 Å². The minimum absolute atomic E-state index is 0.00223. The Labute approximate surface area is 226 Å². The molecule has 2 fully saturated rings. The molecule has 11 nitrogen and oxygen atoms in total. The van der Waals surface area contributed by atoms with Gasteiger partial charge in [0.05, 0.1) is 26.4 Å². The monoisotopic (exact) mass is 563 g/mol. The number of fused-ring (bicyclic) bond motifs is 1. The van der Waals surface area contributed by atoms with Crippen LogP contribution in [-0.4, -0.2) is 72.4 Å². The Morgan fingerprint density at radius 2 is 1.88 bits per heavy atom. The number of halogens is 3. The van der Waals surface area contributed by atoms with E-state index in [1.54, 1.807) is 17.9 Å². The Morgan fingerprint density at radius 1 is 1.15 bits per heavy atom. The van der Waals surface area contributed by atoms with E-state index in [4.69, 9.17) is 24.4 Å². The number of nitrogens with two attached hydrogens (primary N) is 1. The second kappa shape index (κ2) is 10.9. The van der Waals surface area contributed by atoms with Gasteiger partial charge in [-0.3, -0.25) is 4.79 Å². The average molecular weight is 564 g/mol. The number of nitrogens with zero attached hydrogens (tertiary/aromatic N) is 3. The summed E-state index contributed by atoms with van der Waals surface area (Å²) in [5, 5.41) is 3.15. The number of methoxy groups -OCH3 is 1. The third-order valence-corrected chi connectivity index (χ3v) is 6.81. The van der Waals surface area contributed by atoms with Gasteiger partial charge in [0, 0.05) is 42.9 Å². The van der Waals surface area contributed by atoms with Crippen molar-refractivity contribution < 1.29 is 41.4 Å². The van der Waals surface area contributed by atoms with Crippen LogP contribution in [0.25, 0.3) is 22.4 Å². The van der Waals surface area contributed by atoms with Gasteiger partial charge >= 0.3 is 12.3 Å². The zero-order valence-corrected chi connectivity index (χ0v) is 21.8. The number of pyridine rings is 1. The molecule has 3 N–H and O–H groups in total. The molecule has 14 heteroatoms. The first-order valence-corrected chi connectivity index (χ1v) is 12.7. The van der Waals surface area contributed by atoms with Gasteiger partial charge in [0.15, 0.2) is 11.5 Å². The number of rotatable bonds is 6. The van der Waals surface area contributed by atoms with E-state index in [0.717, 1.165) is 6.07 Å². The Hall–Kier alpha value is -3.91. The number of hydrogen-bond acceptors (Lipinski definition) is 9. The van der Waals surface area contributed by atoms with Crippen molar-refractivity contribution in [2.45, 2.75) is 44.1 Å². The lowest BCUT2D eigenvalue weighted by Crippen LogP contribution is -2.50. The highest BCUT2D eigenvalue weighted by molar-refractivity contribution is 5.98. The van der Waals surface area contributed by atoms with E-state index in [-0.39, 0.29) is 40.8 Å². The highest BCUT2D eigenvalue weighted by Gasteiger charge is 2.37. The number of carbonyl (C=O) groups is 2. The van der Waals surface area contributed by atoms with Crippen LogP contribution in [0.1, 0.15) is 47.7 Å². The summed E-state index contributed by atoms with van der Waals surface area (Å²) >= 11 is 0. The molecule has 0 bridgehead atoms. The van der Waals surface area contributed by atoms with Crippen molar-refractivity contribution in [1.82, 2.24) is 20.2 Å². The number of oxazole rings is 1. The Kier molecular flexibility index (Phi) is 7.55. The minimum Gasteiger partial charge on any atom is -0.494 e. The molecule has 1 atom stereocenters. The summed E-state index contributed by atoms with van der Waals surface area (Å²) in [6, 6.07) is 4.17. The van der Waals surface area contributed by atoms with Crippen LogP contribution in [0.2, 0.25) is 0 Å². The number of hydrogen-bond donors (Lipinski definition) is 2. The quantitative estimate of drug-likeness (QED) is 0.459.